The summed E-state index contributed by atoms with van der Waals surface area (Å²) in [5.41, 5.74) is 1.89. The fourth-order valence-corrected chi connectivity index (χ4v) is 5.08. The summed E-state index contributed by atoms with van der Waals surface area (Å²) < 4.78 is 20.8. The van der Waals surface area contributed by atoms with E-state index >= 15 is 0 Å². The zero-order valence-corrected chi connectivity index (χ0v) is 19.1. The van der Waals surface area contributed by atoms with Crippen LogP contribution < -0.4 is 9.64 Å². The van der Waals surface area contributed by atoms with E-state index in [1.54, 1.807) is 6.07 Å². The molecule has 3 aliphatic rings. The highest BCUT2D eigenvalue weighted by Crippen LogP contribution is 2.30. The van der Waals surface area contributed by atoms with Gasteiger partial charge >= 0.3 is 0 Å². The molecule has 2 fully saturated rings. The molecule has 0 bridgehead atoms. The van der Waals surface area contributed by atoms with E-state index in [4.69, 9.17) is 9.72 Å². The molecule has 2 aromatic rings. The lowest BCUT2D eigenvalue weighted by atomic mass is 10.1. The number of nitrogens with zero attached hydrogens (tertiary/aromatic N) is 5. The average Bonchev–Trinajstić information content (AvgIpc) is 3.46. The third-order valence-electron chi connectivity index (χ3n) is 7.04. The van der Waals surface area contributed by atoms with E-state index in [1.165, 1.54) is 37.6 Å². The predicted octanol–water partition coefficient (Wildman–Crippen LogP) is 3.60. The maximum Gasteiger partial charge on any atom is 0.165 e. The molecule has 7 heteroatoms. The van der Waals surface area contributed by atoms with Gasteiger partial charge in [0.1, 0.15) is 11.9 Å². The minimum Gasteiger partial charge on any atom is -0.487 e. The number of benzene rings is 1. The predicted molar refractivity (Wildman–Crippen MR) is 125 cm³/mol. The lowest BCUT2D eigenvalue weighted by molar-refractivity contribution is 0.110. The van der Waals surface area contributed by atoms with Crippen LogP contribution in [0.1, 0.15) is 37.7 Å². The first-order chi connectivity index (χ1) is 15.7. The summed E-state index contributed by atoms with van der Waals surface area (Å²) in [6.45, 7) is 7.62. The van der Waals surface area contributed by atoms with Crippen LogP contribution in [0.5, 0.6) is 5.75 Å². The van der Waals surface area contributed by atoms with Crippen LogP contribution in [0, 0.1) is 5.82 Å². The smallest absolute Gasteiger partial charge is 0.165 e. The van der Waals surface area contributed by atoms with Crippen LogP contribution >= 0.6 is 0 Å². The third-order valence-corrected chi connectivity index (χ3v) is 7.04. The summed E-state index contributed by atoms with van der Waals surface area (Å²) in [5, 5.41) is 0. The first kappa shape index (κ1) is 21.6. The molecule has 1 aromatic heterocycles. The number of halogens is 1. The van der Waals surface area contributed by atoms with E-state index in [-0.39, 0.29) is 11.9 Å². The van der Waals surface area contributed by atoms with E-state index < -0.39 is 0 Å². The van der Waals surface area contributed by atoms with Gasteiger partial charge in [0.25, 0.3) is 0 Å². The van der Waals surface area contributed by atoms with E-state index in [1.807, 2.05) is 12.3 Å². The molecular weight excluding hydrogens is 405 g/mol. The van der Waals surface area contributed by atoms with E-state index in [0.717, 1.165) is 64.2 Å². The second-order valence-electron chi connectivity index (χ2n) is 9.45. The molecule has 172 valence electrons. The standard InChI is InChI=1S/C25H34FN5O/c1-29-14-8-21(9-15-29)32-23-6-5-19(17-22(23)26)24-27-18-20-7-16-31(25(20)28-24)13-4-12-30-10-2-3-11-30/h5-6,17-18,21H,2-4,7-16H2,1H3. The highest BCUT2D eigenvalue weighted by Gasteiger charge is 2.23. The fourth-order valence-electron chi connectivity index (χ4n) is 5.08. The molecule has 0 spiro atoms. The van der Waals surface area contributed by atoms with Crippen molar-refractivity contribution in [3.8, 4) is 17.1 Å². The summed E-state index contributed by atoms with van der Waals surface area (Å²) in [7, 11) is 2.11. The third kappa shape index (κ3) is 4.89. The maximum absolute atomic E-state index is 14.8. The van der Waals surface area contributed by atoms with Crippen molar-refractivity contribution < 1.29 is 9.13 Å². The van der Waals surface area contributed by atoms with Crippen LogP contribution in [-0.4, -0.2) is 78.7 Å². The first-order valence-electron chi connectivity index (χ1n) is 12.1. The molecule has 32 heavy (non-hydrogen) atoms. The van der Waals surface area contributed by atoms with Crippen molar-refractivity contribution in [2.24, 2.45) is 0 Å². The molecule has 0 unspecified atom stereocenters. The van der Waals surface area contributed by atoms with Gasteiger partial charge in [0.15, 0.2) is 17.4 Å². The van der Waals surface area contributed by atoms with E-state index in [0.29, 0.717) is 17.1 Å². The molecule has 0 radical (unpaired) electrons. The summed E-state index contributed by atoms with van der Waals surface area (Å²) in [5.74, 6) is 1.59. The number of rotatable bonds is 7. The van der Waals surface area contributed by atoms with Gasteiger partial charge in [0.05, 0.1) is 0 Å². The number of piperidine rings is 1. The molecule has 0 saturated carbocycles. The Hall–Kier alpha value is -2.25. The van der Waals surface area contributed by atoms with Crippen molar-refractivity contribution in [1.29, 1.82) is 0 Å². The number of ether oxygens (including phenoxy) is 1. The first-order valence-corrected chi connectivity index (χ1v) is 12.1. The van der Waals surface area contributed by atoms with Crippen LogP contribution in [-0.2, 0) is 6.42 Å². The van der Waals surface area contributed by atoms with Crippen molar-refractivity contribution in [2.45, 2.75) is 44.6 Å². The van der Waals surface area contributed by atoms with Gasteiger partial charge in [-0.15, -0.1) is 0 Å². The van der Waals surface area contributed by atoms with Gasteiger partial charge in [-0.05, 0) is 83.4 Å². The lowest BCUT2D eigenvalue weighted by Gasteiger charge is -2.29. The Morgan fingerprint density at radius 3 is 2.66 bits per heavy atom. The topological polar surface area (TPSA) is 44.7 Å². The van der Waals surface area contributed by atoms with Crippen LogP contribution in [0.15, 0.2) is 24.4 Å². The van der Waals surface area contributed by atoms with Gasteiger partial charge in [-0.3, -0.25) is 0 Å². The molecule has 0 amide bonds. The second-order valence-corrected chi connectivity index (χ2v) is 9.45. The molecule has 0 N–H and O–H groups in total. The number of likely N-dealkylation sites (tertiary alicyclic amines) is 2. The number of fused-ring (bicyclic) bond motifs is 1. The van der Waals surface area contributed by atoms with Gasteiger partial charge in [-0.1, -0.05) is 0 Å². The van der Waals surface area contributed by atoms with Crippen molar-refractivity contribution in [1.82, 2.24) is 19.8 Å². The molecule has 0 atom stereocenters. The fraction of sp³-hybridized carbons (Fsp3) is 0.600. The Balaban J connectivity index is 1.24. The number of anilines is 1. The molecule has 3 aliphatic heterocycles. The van der Waals surface area contributed by atoms with Gasteiger partial charge in [-0.2, -0.15) is 0 Å². The highest BCUT2D eigenvalue weighted by atomic mass is 19.1. The lowest BCUT2D eigenvalue weighted by Crippen LogP contribution is -2.35. The normalized spacial score (nSPS) is 20.1. The molecule has 5 rings (SSSR count). The van der Waals surface area contributed by atoms with Crippen molar-refractivity contribution in [3.63, 3.8) is 0 Å². The Labute approximate surface area is 190 Å². The van der Waals surface area contributed by atoms with Crippen molar-refractivity contribution >= 4 is 5.82 Å². The van der Waals surface area contributed by atoms with Crippen molar-refractivity contribution in [3.05, 3.63) is 35.8 Å². The van der Waals surface area contributed by atoms with Gasteiger partial charge in [-0.25, -0.2) is 14.4 Å². The van der Waals surface area contributed by atoms with Gasteiger partial charge in [0, 0.05) is 43.5 Å². The minimum atomic E-state index is -0.340. The molecule has 6 nitrogen and oxygen atoms in total. The quantitative estimate of drug-likeness (QED) is 0.657. The zero-order valence-electron chi connectivity index (χ0n) is 19.1. The van der Waals surface area contributed by atoms with Crippen LogP contribution in [0.2, 0.25) is 0 Å². The summed E-state index contributed by atoms with van der Waals surface area (Å²) in [6, 6.07) is 5.12. The molecule has 0 aliphatic carbocycles. The van der Waals surface area contributed by atoms with Gasteiger partial charge < -0.3 is 19.4 Å². The van der Waals surface area contributed by atoms with E-state index in [2.05, 4.69) is 26.7 Å². The number of hydrogen-bond acceptors (Lipinski definition) is 6. The SMILES string of the molecule is CN1CCC(Oc2ccc(-c3ncc4c(n3)N(CCCN3CCCC3)CC4)cc2F)CC1. The largest absolute Gasteiger partial charge is 0.487 e. The van der Waals surface area contributed by atoms with Crippen LogP contribution in [0.3, 0.4) is 0 Å². The number of hydrogen-bond donors (Lipinski definition) is 0. The molecule has 4 heterocycles. The van der Waals surface area contributed by atoms with Crippen LogP contribution in [0.25, 0.3) is 11.4 Å². The van der Waals surface area contributed by atoms with Gasteiger partial charge in [0.2, 0.25) is 0 Å². The minimum absolute atomic E-state index is 0.0805. The van der Waals surface area contributed by atoms with E-state index in [9.17, 15) is 4.39 Å². The molecule has 2 saturated heterocycles. The molecule has 1 aromatic carbocycles. The highest BCUT2D eigenvalue weighted by molar-refractivity contribution is 5.61. The summed E-state index contributed by atoms with van der Waals surface area (Å²) in [4.78, 5) is 16.6. The maximum atomic E-state index is 14.8. The second kappa shape index (κ2) is 9.71. The molecular formula is C25H34FN5O. The Morgan fingerprint density at radius 2 is 1.88 bits per heavy atom. The summed E-state index contributed by atoms with van der Waals surface area (Å²) >= 11 is 0. The Bertz CT molecular complexity index is 925. The Morgan fingerprint density at radius 1 is 1.06 bits per heavy atom. The Kier molecular flexibility index (Phi) is 6.55. The number of aromatic nitrogens is 2. The zero-order chi connectivity index (χ0) is 21.9. The average molecular weight is 440 g/mol. The van der Waals surface area contributed by atoms with Crippen LogP contribution in [0.4, 0.5) is 10.2 Å². The van der Waals surface area contributed by atoms with Crippen molar-refractivity contribution in [2.75, 3.05) is 57.8 Å². The summed E-state index contributed by atoms with van der Waals surface area (Å²) in [6.07, 6.45) is 8.66. The monoisotopic (exact) mass is 439 g/mol.